The van der Waals surface area contributed by atoms with Crippen LogP contribution in [0.2, 0.25) is 0 Å². The molecule has 2 nitrogen and oxygen atoms in total. The van der Waals surface area contributed by atoms with Crippen LogP contribution in [0.15, 0.2) is 11.8 Å². The van der Waals surface area contributed by atoms with Gasteiger partial charge in [0, 0.05) is 37.2 Å². The van der Waals surface area contributed by atoms with Crippen LogP contribution < -0.4 is 0 Å². The Morgan fingerprint density at radius 2 is 1.50 bits per heavy atom. The highest BCUT2D eigenvalue weighted by molar-refractivity contribution is 15.0. The van der Waals surface area contributed by atoms with Crippen molar-refractivity contribution in [2.24, 2.45) is 0 Å². The van der Waals surface area contributed by atoms with Crippen molar-refractivity contribution in [1.29, 1.82) is 0 Å². The molecule has 0 aromatic heterocycles. The lowest BCUT2D eigenvalue weighted by Gasteiger charge is -2.08. The van der Waals surface area contributed by atoms with Gasteiger partial charge in [0.25, 0.3) is 5.76 Å². The Morgan fingerprint density at radius 1 is 1.07 bits per heavy atom. The molecule has 1 aliphatic rings. The largest absolute Gasteiger partial charge is 0.588 e. The van der Waals surface area contributed by atoms with Gasteiger partial charge in [0.1, 0.15) is 0 Å². The molecular formula is C4F6I2O2. The highest BCUT2D eigenvalue weighted by atomic mass is 128. The number of halogens is 8. The number of hydrogen-bond acceptors (Lipinski definition) is 2. The maximum Gasteiger partial charge on any atom is 0.588 e. The van der Waals surface area contributed by atoms with Crippen LogP contribution in [0.4, 0.5) is 26.3 Å². The normalized spacial score (nSPS) is 19.4. The predicted octanol–water partition coefficient (Wildman–Crippen LogP) is 4.06. The first-order valence-electron chi connectivity index (χ1n) is 2.59. The van der Waals surface area contributed by atoms with E-state index in [0.29, 0.717) is 0 Å². The summed E-state index contributed by atoms with van der Waals surface area (Å²) in [6, 6.07) is -2.47. The number of hydrogen-bond donors (Lipinski definition) is 0. The lowest BCUT2D eigenvalue weighted by molar-refractivity contribution is -0.350. The van der Waals surface area contributed by atoms with Gasteiger partial charge in [-0.05, 0) is 0 Å². The first-order chi connectivity index (χ1) is 6.22. The van der Waals surface area contributed by atoms with Crippen molar-refractivity contribution < 1.29 is 35.8 Å². The summed E-state index contributed by atoms with van der Waals surface area (Å²) in [7, 11) is 0. The van der Waals surface area contributed by atoms with E-state index < -0.39 is 24.2 Å². The van der Waals surface area contributed by atoms with Gasteiger partial charge in [0.2, 0.25) is 0 Å². The Kier molecular flexibility index (Phi) is 5.07. The molecule has 0 spiro atoms. The predicted molar refractivity (Wildman–Crippen MR) is 49.3 cm³/mol. The van der Waals surface area contributed by atoms with Crippen LogP contribution in [0.1, 0.15) is 0 Å². The van der Waals surface area contributed by atoms with Crippen LogP contribution >= 0.6 is 37.2 Å². The lowest BCUT2D eigenvalue weighted by Crippen LogP contribution is -2.20. The highest BCUT2D eigenvalue weighted by Crippen LogP contribution is 2.41. The molecule has 0 bridgehead atoms. The number of rotatable bonds is 0. The van der Waals surface area contributed by atoms with Crippen LogP contribution in [-0.4, -0.2) is 12.5 Å². The Hall–Kier alpha value is 0.380. The topological polar surface area (TPSA) is 18.5 Å². The third kappa shape index (κ3) is 3.86. The number of allylic oxidation sites excluding steroid dienone is 1. The molecule has 14 heavy (non-hydrogen) atoms. The molecule has 0 aromatic carbocycles. The summed E-state index contributed by atoms with van der Waals surface area (Å²) < 4.78 is 75.6. The molecule has 0 aliphatic carbocycles. The second-order valence-electron chi connectivity index (χ2n) is 1.77. The molecule has 0 saturated carbocycles. The van der Waals surface area contributed by atoms with Crippen molar-refractivity contribution in [2.45, 2.75) is 12.5 Å². The highest BCUT2D eigenvalue weighted by Gasteiger charge is 2.55. The molecule has 1 aliphatic heterocycles. The van der Waals surface area contributed by atoms with Gasteiger partial charge in [-0.3, -0.25) is 0 Å². The van der Waals surface area contributed by atoms with Gasteiger partial charge in [0.15, 0.2) is 0 Å². The zero-order valence-corrected chi connectivity index (χ0v) is 10.2. The third-order valence-corrected chi connectivity index (χ3v) is 0.865. The summed E-state index contributed by atoms with van der Waals surface area (Å²) in [5, 5.41) is 0. The zero-order valence-electron chi connectivity index (χ0n) is 5.84. The first kappa shape index (κ1) is 14.4. The maximum absolute atomic E-state index is 11.9. The third-order valence-electron chi connectivity index (χ3n) is 0.865. The molecule has 84 valence electrons. The summed E-state index contributed by atoms with van der Waals surface area (Å²) >= 11 is 4.24. The molecular weight excluding hydrogens is 448 g/mol. The second-order valence-corrected chi connectivity index (χ2v) is 1.77. The average Bonchev–Trinajstić information content (AvgIpc) is 2.28. The Morgan fingerprint density at radius 3 is 1.64 bits per heavy atom. The second kappa shape index (κ2) is 4.94. The van der Waals surface area contributed by atoms with E-state index in [1.165, 1.54) is 0 Å². The van der Waals surface area contributed by atoms with E-state index >= 15 is 0 Å². The van der Waals surface area contributed by atoms with Gasteiger partial charge in [-0.25, -0.2) is 0 Å². The minimum Gasteiger partial charge on any atom is -0.387 e. The van der Waals surface area contributed by atoms with Gasteiger partial charge in [0.05, 0.1) is 0 Å². The summed E-state index contributed by atoms with van der Waals surface area (Å²) in [4.78, 5) is 0. The summed E-state index contributed by atoms with van der Waals surface area (Å²) in [6.07, 6.45) is -9.89. The molecule has 10 heteroatoms. The standard InChI is InChI=1S/C4F6O2.I2/c5-2-1(3(6,7)8)11-4(9,10)12-2;1-2. The van der Waals surface area contributed by atoms with Crippen molar-refractivity contribution in [1.82, 2.24) is 0 Å². The average molecular weight is 448 g/mol. The Bertz CT molecular complexity index is 236. The summed E-state index contributed by atoms with van der Waals surface area (Å²) in [6.45, 7) is 0. The molecule has 0 amide bonds. The van der Waals surface area contributed by atoms with Crippen LogP contribution in [0.3, 0.4) is 0 Å². The summed E-state index contributed by atoms with van der Waals surface area (Å²) in [5.41, 5.74) is 0. The maximum atomic E-state index is 11.9. The lowest BCUT2D eigenvalue weighted by atomic mass is 10.5. The van der Waals surface area contributed by atoms with Gasteiger partial charge in [-0.15, -0.1) is 8.78 Å². The minimum atomic E-state index is -5.32. The van der Waals surface area contributed by atoms with Crippen LogP contribution in [0.25, 0.3) is 0 Å². The van der Waals surface area contributed by atoms with Crippen LogP contribution in [0, 0.1) is 0 Å². The van der Waals surface area contributed by atoms with Gasteiger partial charge >= 0.3 is 18.5 Å². The molecule has 0 N–H and O–H groups in total. The molecule has 0 fully saturated rings. The van der Waals surface area contributed by atoms with Gasteiger partial charge in [-0.2, -0.15) is 17.6 Å². The fraction of sp³-hybridized carbons (Fsp3) is 0.500. The smallest absolute Gasteiger partial charge is 0.387 e. The van der Waals surface area contributed by atoms with Crippen molar-refractivity contribution in [3.63, 3.8) is 0 Å². The number of ether oxygens (including phenoxy) is 2. The van der Waals surface area contributed by atoms with E-state index in [2.05, 4.69) is 46.7 Å². The van der Waals surface area contributed by atoms with Gasteiger partial charge in [-0.1, -0.05) is 0 Å². The molecule has 0 radical (unpaired) electrons. The monoisotopic (exact) mass is 448 g/mol. The molecule has 0 unspecified atom stereocenters. The van der Waals surface area contributed by atoms with Crippen LogP contribution in [0.5, 0.6) is 0 Å². The van der Waals surface area contributed by atoms with E-state index in [1.54, 1.807) is 0 Å². The fourth-order valence-electron chi connectivity index (χ4n) is 0.500. The van der Waals surface area contributed by atoms with E-state index in [4.69, 9.17) is 0 Å². The van der Waals surface area contributed by atoms with E-state index in [-0.39, 0.29) is 0 Å². The minimum absolute atomic E-state index is 2.12. The van der Waals surface area contributed by atoms with Crippen molar-refractivity contribution in [3.05, 3.63) is 11.8 Å². The SMILES string of the molecule is FC1=C(C(F)(F)F)OC(F)(F)O1.II. The van der Waals surface area contributed by atoms with Crippen molar-refractivity contribution in [3.8, 4) is 0 Å². The zero-order chi connectivity index (χ0) is 11.6. The fourth-order valence-corrected chi connectivity index (χ4v) is 0.500. The molecule has 0 aromatic rings. The first-order valence-corrected chi connectivity index (χ1v) is 8.88. The van der Waals surface area contributed by atoms with Gasteiger partial charge < -0.3 is 9.47 Å². The number of alkyl halides is 5. The quantitative estimate of drug-likeness (QED) is 0.412. The Labute approximate surface area is 96.9 Å². The van der Waals surface area contributed by atoms with E-state index in [0.717, 1.165) is 0 Å². The Balaban J connectivity index is 0.000000791. The van der Waals surface area contributed by atoms with Crippen molar-refractivity contribution in [2.75, 3.05) is 0 Å². The summed E-state index contributed by atoms with van der Waals surface area (Å²) in [5.74, 6) is -2.45. The van der Waals surface area contributed by atoms with E-state index in [1.807, 2.05) is 0 Å². The van der Waals surface area contributed by atoms with Crippen molar-refractivity contribution >= 4 is 37.2 Å². The molecule has 0 saturated heterocycles. The van der Waals surface area contributed by atoms with E-state index in [9.17, 15) is 26.3 Å². The molecule has 1 heterocycles. The molecule has 1 rings (SSSR count). The van der Waals surface area contributed by atoms with Crippen LogP contribution in [-0.2, 0) is 9.47 Å². The molecule has 0 atom stereocenters.